The lowest BCUT2D eigenvalue weighted by molar-refractivity contribution is -0.125. The van der Waals surface area contributed by atoms with Crippen LogP contribution < -0.4 is 10.6 Å². The first-order valence-electron chi connectivity index (χ1n) is 10.6. The SMILES string of the molecule is O=C(NCC1CCC(CNC(=O)C2CC23CC3)CC1)C1CCS(=O)(=O)CC1. The van der Waals surface area contributed by atoms with E-state index < -0.39 is 9.84 Å². The van der Waals surface area contributed by atoms with Crippen LogP contribution in [0.3, 0.4) is 0 Å². The second-order valence-corrected chi connectivity index (χ2v) is 11.7. The summed E-state index contributed by atoms with van der Waals surface area (Å²) in [5.74, 6) is 1.82. The van der Waals surface area contributed by atoms with E-state index in [-0.39, 0.29) is 29.2 Å². The molecular formula is C20H32N2O4S. The zero-order valence-corrected chi connectivity index (χ0v) is 16.9. The molecule has 152 valence electrons. The lowest BCUT2D eigenvalue weighted by atomic mass is 9.82. The summed E-state index contributed by atoms with van der Waals surface area (Å²) in [4.78, 5) is 24.4. The summed E-state index contributed by atoms with van der Waals surface area (Å²) in [6.45, 7) is 1.51. The number of hydrogen-bond acceptors (Lipinski definition) is 4. The van der Waals surface area contributed by atoms with E-state index >= 15 is 0 Å². The first kappa shape index (κ1) is 19.2. The van der Waals surface area contributed by atoms with E-state index in [4.69, 9.17) is 0 Å². The fraction of sp³-hybridized carbons (Fsp3) is 0.900. The molecule has 6 nitrogen and oxygen atoms in total. The minimum Gasteiger partial charge on any atom is -0.356 e. The van der Waals surface area contributed by atoms with Crippen molar-refractivity contribution in [2.45, 2.75) is 57.8 Å². The molecule has 1 unspecified atom stereocenters. The molecular weight excluding hydrogens is 364 g/mol. The topological polar surface area (TPSA) is 92.3 Å². The third kappa shape index (κ3) is 4.66. The highest BCUT2D eigenvalue weighted by Gasteiger charge is 2.65. The molecule has 7 heteroatoms. The average molecular weight is 397 g/mol. The number of carbonyl (C=O) groups is 2. The average Bonchev–Trinajstić information content (AvgIpc) is 3.58. The zero-order chi connectivity index (χ0) is 19.1. The fourth-order valence-electron chi connectivity index (χ4n) is 4.98. The highest BCUT2D eigenvalue weighted by molar-refractivity contribution is 7.91. The molecule has 27 heavy (non-hydrogen) atoms. The first-order valence-corrected chi connectivity index (χ1v) is 12.4. The molecule has 3 saturated carbocycles. The Morgan fingerprint density at radius 2 is 1.33 bits per heavy atom. The molecule has 4 rings (SSSR count). The summed E-state index contributed by atoms with van der Waals surface area (Å²) < 4.78 is 22.9. The molecule has 1 atom stereocenters. The van der Waals surface area contributed by atoms with Crippen molar-refractivity contribution in [3.8, 4) is 0 Å². The normalized spacial score (nSPS) is 34.0. The quantitative estimate of drug-likeness (QED) is 0.714. The Morgan fingerprint density at radius 3 is 1.81 bits per heavy atom. The molecule has 2 amide bonds. The summed E-state index contributed by atoms with van der Waals surface area (Å²) in [6.07, 6.45) is 8.93. The Balaban J connectivity index is 1.10. The summed E-state index contributed by atoms with van der Waals surface area (Å²) in [5, 5.41) is 6.22. The number of hydrogen-bond donors (Lipinski definition) is 2. The molecule has 4 fully saturated rings. The summed E-state index contributed by atoms with van der Waals surface area (Å²) in [5.41, 5.74) is 0.433. The van der Waals surface area contributed by atoms with Crippen molar-refractivity contribution < 1.29 is 18.0 Å². The van der Waals surface area contributed by atoms with Gasteiger partial charge in [0.2, 0.25) is 11.8 Å². The van der Waals surface area contributed by atoms with E-state index in [1.807, 2.05) is 0 Å². The molecule has 0 radical (unpaired) electrons. The number of amides is 2. The van der Waals surface area contributed by atoms with Crippen LogP contribution in [0.15, 0.2) is 0 Å². The molecule has 0 aromatic rings. The van der Waals surface area contributed by atoms with E-state index in [9.17, 15) is 18.0 Å². The van der Waals surface area contributed by atoms with Crippen LogP contribution in [0.25, 0.3) is 0 Å². The van der Waals surface area contributed by atoms with Gasteiger partial charge < -0.3 is 10.6 Å². The Labute approximate surface area is 162 Å². The Hall–Kier alpha value is -1.11. The molecule has 1 spiro atoms. The number of carbonyl (C=O) groups excluding carboxylic acids is 2. The Bertz CT molecular complexity index is 679. The van der Waals surface area contributed by atoms with Crippen molar-refractivity contribution in [1.82, 2.24) is 10.6 Å². The van der Waals surface area contributed by atoms with Gasteiger partial charge in [0.15, 0.2) is 0 Å². The predicted molar refractivity (Wildman–Crippen MR) is 103 cm³/mol. The second-order valence-electron chi connectivity index (χ2n) is 9.42. The van der Waals surface area contributed by atoms with Crippen LogP contribution in [0.4, 0.5) is 0 Å². The summed E-state index contributed by atoms with van der Waals surface area (Å²) >= 11 is 0. The zero-order valence-electron chi connectivity index (χ0n) is 16.0. The van der Waals surface area contributed by atoms with Crippen molar-refractivity contribution in [1.29, 1.82) is 0 Å². The predicted octanol–water partition coefficient (Wildman–Crippen LogP) is 1.65. The highest BCUT2D eigenvalue weighted by atomic mass is 32.2. The molecule has 4 aliphatic rings. The maximum atomic E-state index is 12.3. The molecule has 1 saturated heterocycles. The van der Waals surface area contributed by atoms with Crippen LogP contribution >= 0.6 is 0 Å². The molecule has 0 aromatic heterocycles. The third-order valence-corrected chi connectivity index (χ3v) is 9.14. The number of sulfone groups is 1. The van der Waals surface area contributed by atoms with Crippen molar-refractivity contribution in [2.75, 3.05) is 24.6 Å². The molecule has 0 bridgehead atoms. The van der Waals surface area contributed by atoms with Gasteiger partial charge in [-0.2, -0.15) is 0 Å². The third-order valence-electron chi connectivity index (χ3n) is 7.42. The highest BCUT2D eigenvalue weighted by Crippen LogP contribution is 2.70. The Morgan fingerprint density at radius 1 is 0.815 bits per heavy atom. The minimum atomic E-state index is -2.92. The second kappa shape index (κ2) is 7.37. The largest absolute Gasteiger partial charge is 0.356 e. The van der Waals surface area contributed by atoms with Gasteiger partial charge in [0.25, 0.3) is 0 Å². The van der Waals surface area contributed by atoms with Crippen molar-refractivity contribution in [3.05, 3.63) is 0 Å². The maximum Gasteiger partial charge on any atom is 0.223 e. The van der Waals surface area contributed by atoms with Crippen LogP contribution in [0.1, 0.15) is 57.8 Å². The monoisotopic (exact) mass is 396 g/mol. The standard InChI is InChI=1S/C20H32N2O4S/c23-18(16-5-9-27(25,26)10-6-16)21-12-14-1-3-15(4-2-14)13-22-19(24)17-11-20(17)7-8-20/h14-17H,1-13H2,(H,21,23)(H,22,24). The lowest BCUT2D eigenvalue weighted by Crippen LogP contribution is -2.39. The van der Waals surface area contributed by atoms with Gasteiger partial charge in [-0.1, -0.05) is 0 Å². The van der Waals surface area contributed by atoms with Gasteiger partial charge in [-0.05, 0) is 75.0 Å². The van der Waals surface area contributed by atoms with Gasteiger partial charge in [-0.25, -0.2) is 8.42 Å². The van der Waals surface area contributed by atoms with Crippen molar-refractivity contribution in [2.24, 2.45) is 29.1 Å². The Kier molecular flexibility index (Phi) is 5.25. The van der Waals surface area contributed by atoms with E-state index in [0.717, 1.165) is 38.6 Å². The molecule has 1 aliphatic heterocycles. The van der Waals surface area contributed by atoms with Gasteiger partial charge in [-0.3, -0.25) is 9.59 Å². The van der Waals surface area contributed by atoms with Crippen LogP contribution in [0.5, 0.6) is 0 Å². The molecule has 1 heterocycles. The van der Waals surface area contributed by atoms with Crippen molar-refractivity contribution in [3.63, 3.8) is 0 Å². The van der Waals surface area contributed by atoms with Gasteiger partial charge >= 0.3 is 0 Å². The smallest absolute Gasteiger partial charge is 0.223 e. The summed E-state index contributed by atoms with van der Waals surface area (Å²) in [7, 11) is -2.92. The summed E-state index contributed by atoms with van der Waals surface area (Å²) in [6, 6.07) is 0. The van der Waals surface area contributed by atoms with E-state index in [2.05, 4.69) is 10.6 Å². The van der Waals surface area contributed by atoms with Gasteiger partial charge in [-0.15, -0.1) is 0 Å². The van der Waals surface area contributed by atoms with Gasteiger partial charge in [0.1, 0.15) is 9.84 Å². The van der Waals surface area contributed by atoms with Crippen LogP contribution in [-0.4, -0.2) is 44.8 Å². The van der Waals surface area contributed by atoms with E-state index in [0.29, 0.717) is 42.6 Å². The minimum absolute atomic E-state index is 0.0257. The van der Waals surface area contributed by atoms with Crippen LogP contribution in [-0.2, 0) is 19.4 Å². The lowest BCUT2D eigenvalue weighted by Gasteiger charge is -2.29. The molecule has 2 N–H and O–H groups in total. The number of nitrogens with one attached hydrogen (secondary N) is 2. The van der Waals surface area contributed by atoms with E-state index in [1.165, 1.54) is 12.8 Å². The van der Waals surface area contributed by atoms with Crippen LogP contribution in [0.2, 0.25) is 0 Å². The number of rotatable bonds is 6. The molecule has 3 aliphatic carbocycles. The fourth-order valence-corrected chi connectivity index (χ4v) is 6.47. The van der Waals surface area contributed by atoms with Gasteiger partial charge in [0, 0.05) is 24.9 Å². The first-order chi connectivity index (χ1) is 12.9. The molecule has 0 aromatic carbocycles. The van der Waals surface area contributed by atoms with E-state index in [1.54, 1.807) is 0 Å². The maximum absolute atomic E-state index is 12.3. The van der Waals surface area contributed by atoms with Gasteiger partial charge in [0.05, 0.1) is 11.5 Å². The van der Waals surface area contributed by atoms with Crippen LogP contribution in [0, 0.1) is 29.1 Å². The van der Waals surface area contributed by atoms with Crippen molar-refractivity contribution >= 4 is 21.7 Å².